The number of nitrogens with zero attached hydrogens (tertiary/aromatic N) is 2. The van der Waals surface area contributed by atoms with Crippen molar-refractivity contribution in [1.29, 1.82) is 0 Å². The van der Waals surface area contributed by atoms with Crippen LogP contribution in [0.25, 0.3) is 0 Å². The van der Waals surface area contributed by atoms with Crippen LogP contribution >= 0.6 is 0 Å². The molecule has 6 nitrogen and oxygen atoms in total. The van der Waals surface area contributed by atoms with Gasteiger partial charge in [-0.2, -0.15) is 0 Å². The molecule has 2 aromatic rings. The number of alkyl carbamates (subject to hydrolysis) is 1. The number of benzene rings is 2. The Morgan fingerprint density at radius 2 is 1.73 bits per heavy atom. The molecule has 7 heteroatoms. The zero-order chi connectivity index (χ0) is 26.0. The Labute approximate surface area is 221 Å². The van der Waals surface area contributed by atoms with Gasteiger partial charge in [0.25, 0.3) is 0 Å². The van der Waals surface area contributed by atoms with Gasteiger partial charge in [-0.15, -0.1) is 0 Å². The summed E-state index contributed by atoms with van der Waals surface area (Å²) < 4.78 is 26.8. The minimum Gasteiger partial charge on any atom is -0.495 e. The molecule has 0 spiro atoms. The van der Waals surface area contributed by atoms with Gasteiger partial charge in [-0.3, -0.25) is 4.90 Å². The van der Waals surface area contributed by atoms with E-state index in [0.717, 1.165) is 76.3 Å². The maximum atomic E-state index is 15.1. The third kappa shape index (κ3) is 7.16. The summed E-state index contributed by atoms with van der Waals surface area (Å²) in [7, 11) is 1.71. The quantitative estimate of drug-likeness (QED) is 0.435. The van der Waals surface area contributed by atoms with Crippen LogP contribution in [-0.4, -0.2) is 63.5 Å². The SMILES string of the molecule is CCNC(=O)OC(C1CCCCC1)C(CCN1CCN(c2ccccc2OC)CC1)c1ccccc1F. The number of piperazine rings is 1. The fourth-order valence-corrected chi connectivity index (χ4v) is 5.98. The maximum absolute atomic E-state index is 15.1. The minimum absolute atomic E-state index is 0.181. The number of hydrogen-bond acceptors (Lipinski definition) is 5. The average molecular weight is 512 g/mol. The lowest BCUT2D eigenvalue weighted by molar-refractivity contribution is 0.0256. The number of halogens is 1. The lowest BCUT2D eigenvalue weighted by atomic mass is 9.76. The van der Waals surface area contributed by atoms with Gasteiger partial charge in [-0.25, -0.2) is 9.18 Å². The smallest absolute Gasteiger partial charge is 0.407 e. The number of carbonyl (C=O) groups excluding carboxylic acids is 1. The molecule has 0 bridgehead atoms. The number of carbonyl (C=O) groups is 1. The number of hydrogen-bond donors (Lipinski definition) is 1. The molecular formula is C30H42FN3O3. The van der Waals surface area contributed by atoms with Gasteiger partial charge in [0.15, 0.2) is 0 Å². The fraction of sp³-hybridized carbons (Fsp3) is 0.567. The summed E-state index contributed by atoms with van der Waals surface area (Å²) in [5, 5.41) is 2.79. The molecule has 0 aromatic heterocycles. The van der Waals surface area contributed by atoms with E-state index in [1.165, 1.54) is 12.5 Å². The summed E-state index contributed by atoms with van der Waals surface area (Å²) in [5.74, 6) is 0.754. The molecule has 0 radical (unpaired) electrons. The molecule has 1 amide bonds. The van der Waals surface area contributed by atoms with Crippen molar-refractivity contribution in [2.24, 2.45) is 5.92 Å². The van der Waals surface area contributed by atoms with Crippen molar-refractivity contribution in [3.8, 4) is 5.75 Å². The predicted molar refractivity (Wildman–Crippen MR) is 146 cm³/mol. The van der Waals surface area contributed by atoms with Crippen LogP contribution in [0.4, 0.5) is 14.9 Å². The third-order valence-electron chi connectivity index (χ3n) is 7.93. The standard InChI is InChI=1S/C30H42FN3O3/c1-3-32-30(35)37-29(23-11-5-4-6-12-23)25(24-13-7-8-14-26(24)31)17-18-33-19-21-34(22-20-33)27-15-9-10-16-28(27)36-2/h7-10,13-16,23,25,29H,3-6,11-12,17-22H2,1-2H3,(H,32,35). The first-order chi connectivity index (χ1) is 18.1. The van der Waals surface area contributed by atoms with E-state index >= 15 is 4.39 Å². The van der Waals surface area contributed by atoms with E-state index in [9.17, 15) is 4.79 Å². The van der Waals surface area contributed by atoms with E-state index in [2.05, 4.69) is 21.2 Å². The molecule has 2 aliphatic rings. The average Bonchev–Trinajstić information content (AvgIpc) is 2.94. The Balaban J connectivity index is 1.47. The Hall–Kier alpha value is -2.80. The molecule has 4 rings (SSSR count). The summed E-state index contributed by atoms with van der Waals surface area (Å²) in [6.07, 6.45) is 5.54. The second-order valence-electron chi connectivity index (χ2n) is 10.2. The van der Waals surface area contributed by atoms with Crippen LogP contribution in [-0.2, 0) is 4.74 Å². The van der Waals surface area contributed by atoms with Gasteiger partial charge in [0, 0.05) is 38.6 Å². The topological polar surface area (TPSA) is 54.0 Å². The number of rotatable bonds is 10. The number of anilines is 1. The number of ether oxygens (including phenoxy) is 2. The van der Waals surface area contributed by atoms with E-state index in [0.29, 0.717) is 12.1 Å². The van der Waals surface area contributed by atoms with Crippen molar-refractivity contribution in [3.63, 3.8) is 0 Å². The molecule has 1 aliphatic heterocycles. The van der Waals surface area contributed by atoms with Gasteiger partial charge < -0.3 is 19.7 Å². The first-order valence-corrected chi connectivity index (χ1v) is 13.9. The van der Waals surface area contributed by atoms with Crippen molar-refractivity contribution >= 4 is 11.8 Å². The van der Waals surface area contributed by atoms with E-state index < -0.39 is 6.09 Å². The van der Waals surface area contributed by atoms with Gasteiger partial charge in [-0.1, -0.05) is 49.6 Å². The second-order valence-corrected chi connectivity index (χ2v) is 10.2. The zero-order valence-corrected chi connectivity index (χ0v) is 22.3. The Morgan fingerprint density at radius 1 is 1.03 bits per heavy atom. The highest BCUT2D eigenvalue weighted by Gasteiger charge is 2.36. The van der Waals surface area contributed by atoms with Gasteiger partial charge in [-0.05, 0) is 62.4 Å². The van der Waals surface area contributed by atoms with Crippen LogP contribution in [0.3, 0.4) is 0 Å². The molecule has 1 saturated heterocycles. The van der Waals surface area contributed by atoms with Crippen molar-refractivity contribution in [2.75, 3.05) is 51.3 Å². The normalized spacial score (nSPS) is 18.7. The van der Waals surface area contributed by atoms with Crippen LogP contribution in [0.15, 0.2) is 48.5 Å². The predicted octanol–water partition coefficient (Wildman–Crippen LogP) is 5.83. The molecular weight excluding hydrogens is 469 g/mol. The van der Waals surface area contributed by atoms with Crippen LogP contribution in [0.5, 0.6) is 5.75 Å². The summed E-state index contributed by atoms with van der Waals surface area (Å²) in [6, 6.07) is 15.2. The van der Waals surface area contributed by atoms with E-state index in [-0.39, 0.29) is 23.8 Å². The lowest BCUT2D eigenvalue weighted by Crippen LogP contribution is -2.47. The molecule has 2 aromatic carbocycles. The number of methoxy groups -OCH3 is 1. The summed E-state index contributed by atoms with van der Waals surface area (Å²) >= 11 is 0. The van der Waals surface area contributed by atoms with Gasteiger partial charge in [0.1, 0.15) is 17.7 Å². The molecule has 1 heterocycles. The number of nitrogens with one attached hydrogen (secondary N) is 1. The van der Waals surface area contributed by atoms with E-state index in [1.807, 2.05) is 37.3 Å². The molecule has 2 fully saturated rings. The third-order valence-corrected chi connectivity index (χ3v) is 7.93. The molecule has 1 saturated carbocycles. The molecule has 37 heavy (non-hydrogen) atoms. The van der Waals surface area contributed by atoms with E-state index in [4.69, 9.17) is 9.47 Å². The fourth-order valence-electron chi connectivity index (χ4n) is 5.98. The van der Waals surface area contributed by atoms with Crippen LogP contribution in [0, 0.1) is 11.7 Å². The summed E-state index contributed by atoms with van der Waals surface area (Å²) in [4.78, 5) is 17.4. The molecule has 2 unspecified atom stereocenters. The highest BCUT2D eigenvalue weighted by Crippen LogP contribution is 2.38. The first-order valence-electron chi connectivity index (χ1n) is 13.9. The van der Waals surface area contributed by atoms with Crippen molar-refractivity contribution in [2.45, 2.75) is 57.5 Å². The van der Waals surface area contributed by atoms with Gasteiger partial charge in [0.2, 0.25) is 0 Å². The van der Waals surface area contributed by atoms with Gasteiger partial charge in [0.05, 0.1) is 12.8 Å². The van der Waals surface area contributed by atoms with Crippen LogP contribution in [0.2, 0.25) is 0 Å². The minimum atomic E-state index is -0.398. The van der Waals surface area contributed by atoms with Gasteiger partial charge >= 0.3 is 6.09 Å². The van der Waals surface area contributed by atoms with E-state index in [1.54, 1.807) is 13.2 Å². The van der Waals surface area contributed by atoms with Crippen LogP contribution < -0.4 is 15.0 Å². The monoisotopic (exact) mass is 511 g/mol. The maximum Gasteiger partial charge on any atom is 0.407 e. The highest BCUT2D eigenvalue weighted by atomic mass is 19.1. The van der Waals surface area contributed by atoms with Crippen LogP contribution in [0.1, 0.15) is 56.9 Å². The van der Waals surface area contributed by atoms with Crippen molar-refractivity contribution in [1.82, 2.24) is 10.2 Å². The first kappa shape index (κ1) is 27.2. The molecule has 202 valence electrons. The highest BCUT2D eigenvalue weighted by molar-refractivity contribution is 5.67. The molecule has 1 aliphatic carbocycles. The Bertz CT molecular complexity index is 990. The summed E-state index contributed by atoms with van der Waals surface area (Å²) in [6.45, 7) is 6.90. The second kappa shape index (κ2) is 13.7. The molecule has 1 N–H and O–H groups in total. The zero-order valence-electron chi connectivity index (χ0n) is 22.3. The Kier molecular flexibility index (Phi) is 10.1. The van der Waals surface area contributed by atoms with Crippen molar-refractivity contribution in [3.05, 3.63) is 59.9 Å². The summed E-state index contributed by atoms with van der Waals surface area (Å²) in [5.41, 5.74) is 1.79. The largest absolute Gasteiger partial charge is 0.495 e. The molecule has 2 atom stereocenters. The number of amides is 1. The van der Waals surface area contributed by atoms with Crippen molar-refractivity contribution < 1.29 is 18.7 Å². The number of para-hydroxylation sites is 2. The lowest BCUT2D eigenvalue weighted by Gasteiger charge is -2.39. The Morgan fingerprint density at radius 3 is 2.43 bits per heavy atom.